The van der Waals surface area contributed by atoms with Gasteiger partial charge in [0.15, 0.2) is 0 Å². The molecule has 0 aromatic carbocycles. The van der Waals surface area contributed by atoms with E-state index in [-0.39, 0.29) is 19.1 Å². The average Bonchev–Trinajstić information content (AvgIpc) is 2.14. The van der Waals surface area contributed by atoms with Crippen LogP contribution in [0.5, 0.6) is 0 Å². The summed E-state index contributed by atoms with van der Waals surface area (Å²) in [7, 11) is 0. The van der Waals surface area contributed by atoms with Crippen molar-refractivity contribution >= 4 is 0 Å². The molecule has 98 valence electrons. The molecule has 2 atom stereocenters. The first-order valence-electron chi connectivity index (χ1n) is 5.68. The van der Waals surface area contributed by atoms with Crippen LogP contribution in [0.25, 0.3) is 0 Å². The Morgan fingerprint density at radius 2 is 1.75 bits per heavy atom. The molecule has 0 aliphatic heterocycles. The lowest BCUT2D eigenvalue weighted by Gasteiger charge is -2.35. The molecular formula is C11H22F3NO. The lowest BCUT2D eigenvalue weighted by molar-refractivity contribution is -0.136. The molecule has 0 rings (SSSR count). The SMILES string of the molecule is CCC(N)C(C)(CCO)CCCC(F)(F)F. The molecule has 2 unspecified atom stereocenters. The number of nitrogens with two attached hydrogens (primary N) is 1. The van der Waals surface area contributed by atoms with Gasteiger partial charge in [-0.15, -0.1) is 0 Å². The Morgan fingerprint density at radius 3 is 2.12 bits per heavy atom. The fourth-order valence-corrected chi connectivity index (χ4v) is 1.94. The van der Waals surface area contributed by atoms with Gasteiger partial charge in [0.25, 0.3) is 0 Å². The first-order valence-corrected chi connectivity index (χ1v) is 5.68. The quantitative estimate of drug-likeness (QED) is 0.720. The van der Waals surface area contributed by atoms with Crippen molar-refractivity contribution in [3.8, 4) is 0 Å². The van der Waals surface area contributed by atoms with E-state index in [1.165, 1.54) is 0 Å². The average molecular weight is 241 g/mol. The van der Waals surface area contributed by atoms with Gasteiger partial charge in [0, 0.05) is 19.1 Å². The maximum atomic E-state index is 12.0. The molecule has 3 N–H and O–H groups in total. The van der Waals surface area contributed by atoms with Gasteiger partial charge in [0.2, 0.25) is 0 Å². The first kappa shape index (κ1) is 15.7. The van der Waals surface area contributed by atoms with Gasteiger partial charge < -0.3 is 10.8 Å². The highest BCUT2D eigenvalue weighted by atomic mass is 19.4. The molecular weight excluding hydrogens is 219 g/mol. The molecule has 0 fully saturated rings. The summed E-state index contributed by atoms with van der Waals surface area (Å²) < 4.78 is 36.1. The summed E-state index contributed by atoms with van der Waals surface area (Å²) in [6.07, 6.45) is -3.22. The summed E-state index contributed by atoms with van der Waals surface area (Å²) in [5.74, 6) is 0. The lowest BCUT2D eigenvalue weighted by atomic mass is 9.74. The van der Waals surface area contributed by atoms with Gasteiger partial charge in [-0.25, -0.2) is 0 Å². The molecule has 0 aliphatic carbocycles. The van der Waals surface area contributed by atoms with Crippen LogP contribution in [-0.2, 0) is 0 Å². The number of rotatable bonds is 7. The van der Waals surface area contributed by atoms with Crippen LogP contribution >= 0.6 is 0 Å². The molecule has 0 heterocycles. The normalized spacial score (nSPS) is 18.2. The van der Waals surface area contributed by atoms with E-state index in [2.05, 4.69) is 0 Å². The highest BCUT2D eigenvalue weighted by molar-refractivity contribution is 4.84. The second-order valence-corrected chi connectivity index (χ2v) is 4.61. The Balaban J connectivity index is 4.23. The minimum atomic E-state index is -4.10. The summed E-state index contributed by atoms with van der Waals surface area (Å²) >= 11 is 0. The van der Waals surface area contributed by atoms with Crippen LogP contribution in [0.3, 0.4) is 0 Å². The largest absolute Gasteiger partial charge is 0.396 e. The predicted octanol–water partition coefficient (Wildman–Crippen LogP) is 2.85. The smallest absolute Gasteiger partial charge is 0.389 e. The minimum Gasteiger partial charge on any atom is -0.396 e. The summed E-state index contributed by atoms with van der Waals surface area (Å²) in [4.78, 5) is 0. The van der Waals surface area contributed by atoms with Crippen LogP contribution < -0.4 is 5.73 Å². The minimum absolute atomic E-state index is 0.0315. The van der Waals surface area contributed by atoms with Crippen molar-refractivity contribution in [1.82, 2.24) is 0 Å². The van der Waals surface area contributed by atoms with E-state index in [1.807, 2.05) is 13.8 Å². The maximum Gasteiger partial charge on any atom is 0.389 e. The number of halogens is 3. The molecule has 16 heavy (non-hydrogen) atoms. The number of hydrogen-bond acceptors (Lipinski definition) is 2. The number of alkyl halides is 3. The van der Waals surface area contributed by atoms with E-state index in [4.69, 9.17) is 10.8 Å². The van der Waals surface area contributed by atoms with Gasteiger partial charge in [0.05, 0.1) is 0 Å². The van der Waals surface area contributed by atoms with Crippen LogP contribution in [-0.4, -0.2) is 23.9 Å². The van der Waals surface area contributed by atoms with Gasteiger partial charge in [-0.2, -0.15) is 13.2 Å². The van der Waals surface area contributed by atoms with E-state index < -0.39 is 18.0 Å². The monoisotopic (exact) mass is 241 g/mol. The third kappa shape index (κ3) is 5.70. The highest BCUT2D eigenvalue weighted by Crippen LogP contribution is 2.34. The lowest BCUT2D eigenvalue weighted by Crippen LogP contribution is -2.40. The predicted molar refractivity (Wildman–Crippen MR) is 58.0 cm³/mol. The Kier molecular flexibility index (Phi) is 6.33. The molecule has 0 amide bonds. The zero-order chi connectivity index (χ0) is 12.8. The van der Waals surface area contributed by atoms with Crippen LogP contribution in [0.15, 0.2) is 0 Å². The van der Waals surface area contributed by atoms with E-state index in [1.54, 1.807) is 0 Å². The summed E-state index contributed by atoms with van der Waals surface area (Å²) in [6, 6.07) is -0.159. The molecule has 0 aromatic heterocycles. The van der Waals surface area contributed by atoms with Crippen molar-refractivity contribution in [2.75, 3.05) is 6.61 Å². The van der Waals surface area contributed by atoms with Gasteiger partial charge in [-0.3, -0.25) is 0 Å². The fraction of sp³-hybridized carbons (Fsp3) is 1.00. The second-order valence-electron chi connectivity index (χ2n) is 4.61. The van der Waals surface area contributed by atoms with Crippen molar-refractivity contribution < 1.29 is 18.3 Å². The molecule has 0 aromatic rings. The van der Waals surface area contributed by atoms with Gasteiger partial charge in [0.1, 0.15) is 0 Å². The van der Waals surface area contributed by atoms with E-state index in [0.717, 1.165) is 0 Å². The molecule has 0 aliphatic rings. The molecule has 0 bridgehead atoms. The Hall–Kier alpha value is -0.290. The van der Waals surface area contributed by atoms with E-state index >= 15 is 0 Å². The summed E-state index contributed by atoms with van der Waals surface area (Å²) in [5, 5.41) is 8.93. The zero-order valence-corrected chi connectivity index (χ0v) is 9.98. The fourth-order valence-electron chi connectivity index (χ4n) is 1.94. The Labute approximate surface area is 95.0 Å². The topological polar surface area (TPSA) is 46.2 Å². The third-order valence-electron chi connectivity index (χ3n) is 3.23. The number of hydrogen-bond donors (Lipinski definition) is 2. The van der Waals surface area contributed by atoms with Crippen LogP contribution in [0.2, 0.25) is 0 Å². The first-order chi connectivity index (χ1) is 7.25. The molecule has 5 heteroatoms. The molecule has 0 saturated carbocycles. The summed E-state index contributed by atoms with van der Waals surface area (Å²) in [6.45, 7) is 3.73. The van der Waals surface area contributed by atoms with Crippen molar-refractivity contribution in [2.45, 2.75) is 58.2 Å². The Morgan fingerprint density at radius 1 is 1.19 bits per heavy atom. The van der Waals surface area contributed by atoms with Gasteiger partial charge in [-0.05, 0) is 31.1 Å². The molecule has 0 radical (unpaired) electrons. The van der Waals surface area contributed by atoms with E-state index in [0.29, 0.717) is 19.3 Å². The molecule has 2 nitrogen and oxygen atoms in total. The van der Waals surface area contributed by atoms with Crippen molar-refractivity contribution in [2.24, 2.45) is 11.1 Å². The van der Waals surface area contributed by atoms with Crippen molar-refractivity contribution in [1.29, 1.82) is 0 Å². The van der Waals surface area contributed by atoms with Crippen LogP contribution in [0, 0.1) is 5.41 Å². The van der Waals surface area contributed by atoms with Crippen LogP contribution in [0.4, 0.5) is 13.2 Å². The maximum absolute atomic E-state index is 12.0. The van der Waals surface area contributed by atoms with E-state index in [9.17, 15) is 13.2 Å². The molecule has 0 spiro atoms. The second kappa shape index (κ2) is 6.45. The van der Waals surface area contributed by atoms with Crippen molar-refractivity contribution in [3.05, 3.63) is 0 Å². The molecule has 0 saturated heterocycles. The number of aliphatic hydroxyl groups excluding tert-OH is 1. The van der Waals surface area contributed by atoms with Crippen molar-refractivity contribution in [3.63, 3.8) is 0 Å². The zero-order valence-electron chi connectivity index (χ0n) is 9.98. The number of aliphatic hydroxyl groups is 1. The summed E-state index contributed by atoms with van der Waals surface area (Å²) in [5.41, 5.74) is 5.50. The third-order valence-corrected chi connectivity index (χ3v) is 3.23. The van der Waals surface area contributed by atoms with Crippen LogP contribution in [0.1, 0.15) is 46.0 Å². The standard InChI is InChI=1S/C11H22F3NO/c1-3-9(15)10(2,7-8-16)5-4-6-11(12,13)14/h9,16H,3-8,15H2,1-2H3. The highest BCUT2D eigenvalue weighted by Gasteiger charge is 2.32. The van der Waals surface area contributed by atoms with Gasteiger partial charge >= 0.3 is 6.18 Å². The Bertz CT molecular complexity index is 196. The van der Waals surface area contributed by atoms with Gasteiger partial charge in [-0.1, -0.05) is 13.8 Å².